The first-order valence-electron chi connectivity index (χ1n) is 7.76. The summed E-state index contributed by atoms with van der Waals surface area (Å²) in [5, 5.41) is 3.65. The van der Waals surface area contributed by atoms with E-state index in [9.17, 15) is 0 Å². The highest BCUT2D eigenvalue weighted by Crippen LogP contribution is 2.24. The Morgan fingerprint density at radius 3 is 2.78 bits per heavy atom. The molecule has 0 bridgehead atoms. The van der Waals surface area contributed by atoms with Gasteiger partial charge in [0.15, 0.2) is 0 Å². The summed E-state index contributed by atoms with van der Waals surface area (Å²) in [5.74, 6) is 0. The van der Waals surface area contributed by atoms with Gasteiger partial charge in [-0.1, -0.05) is 6.42 Å². The number of piperidine rings is 1. The fourth-order valence-electron chi connectivity index (χ4n) is 3.45. The molecule has 1 aliphatic carbocycles. The number of rotatable bonds is 5. The number of nitrogens with one attached hydrogen (secondary N) is 1. The molecule has 106 valence electrons. The molecule has 0 amide bonds. The molecule has 1 aliphatic heterocycles. The molecule has 1 saturated carbocycles. The van der Waals surface area contributed by atoms with E-state index in [0.29, 0.717) is 6.10 Å². The van der Waals surface area contributed by atoms with E-state index in [1.165, 1.54) is 64.5 Å². The molecule has 1 heterocycles. The van der Waals surface area contributed by atoms with E-state index in [4.69, 9.17) is 4.74 Å². The van der Waals surface area contributed by atoms with Crippen molar-refractivity contribution in [1.82, 2.24) is 10.2 Å². The van der Waals surface area contributed by atoms with Crippen molar-refractivity contribution in [3.8, 4) is 0 Å². The molecule has 18 heavy (non-hydrogen) atoms. The molecule has 1 saturated heterocycles. The van der Waals surface area contributed by atoms with Gasteiger partial charge in [-0.3, -0.25) is 0 Å². The Hall–Kier alpha value is -0.120. The Morgan fingerprint density at radius 1 is 1.17 bits per heavy atom. The molecular weight excluding hydrogens is 224 g/mol. The van der Waals surface area contributed by atoms with Gasteiger partial charge in [0.2, 0.25) is 0 Å². The molecule has 0 spiro atoms. The van der Waals surface area contributed by atoms with Crippen molar-refractivity contribution in [3.63, 3.8) is 0 Å². The standard InChI is InChI=1S/C15H30N2O/c1-17(11-9-13-6-3-4-10-16-13)14-7-5-8-15(12-14)18-2/h13-16H,3-12H2,1-2H3. The average Bonchev–Trinajstić information content (AvgIpc) is 2.46. The second-order valence-electron chi connectivity index (χ2n) is 6.09. The highest BCUT2D eigenvalue weighted by atomic mass is 16.5. The van der Waals surface area contributed by atoms with Gasteiger partial charge in [0, 0.05) is 19.2 Å². The summed E-state index contributed by atoms with van der Waals surface area (Å²) in [7, 11) is 4.16. The fraction of sp³-hybridized carbons (Fsp3) is 1.00. The summed E-state index contributed by atoms with van der Waals surface area (Å²) in [6.45, 7) is 2.46. The van der Waals surface area contributed by atoms with Crippen molar-refractivity contribution in [2.24, 2.45) is 0 Å². The van der Waals surface area contributed by atoms with Crippen LogP contribution in [0.25, 0.3) is 0 Å². The first-order valence-corrected chi connectivity index (χ1v) is 7.76. The van der Waals surface area contributed by atoms with Crippen LogP contribution >= 0.6 is 0 Å². The lowest BCUT2D eigenvalue weighted by Gasteiger charge is -2.36. The van der Waals surface area contributed by atoms with Gasteiger partial charge in [0.05, 0.1) is 6.10 Å². The van der Waals surface area contributed by atoms with Crippen molar-refractivity contribution in [2.75, 3.05) is 27.2 Å². The molecule has 0 radical (unpaired) electrons. The third-order valence-electron chi connectivity index (χ3n) is 4.80. The molecule has 2 fully saturated rings. The lowest BCUT2D eigenvalue weighted by Crippen LogP contribution is -2.42. The Morgan fingerprint density at radius 2 is 2.06 bits per heavy atom. The Balaban J connectivity index is 1.68. The summed E-state index contributed by atoms with van der Waals surface area (Å²) in [6.07, 6.45) is 11.1. The van der Waals surface area contributed by atoms with Crippen molar-refractivity contribution in [3.05, 3.63) is 0 Å². The number of nitrogens with zero attached hydrogens (tertiary/aromatic N) is 1. The molecule has 3 atom stereocenters. The highest BCUT2D eigenvalue weighted by molar-refractivity contribution is 4.81. The topological polar surface area (TPSA) is 24.5 Å². The van der Waals surface area contributed by atoms with E-state index in [0.717, 1.165) is 12.1 Å². The van der Waals surface area contributed by atoms with E-state index in [1.54, 1.807) is 0 Å². The maximum absolute atomic E-state index is 5.53. The van der Waals surface area contributed by atoms with Crippen molar-refractivity contribution < 1.29 is 4.74 Å². The zero-order valence-electron chi connectivity index (χ0n) is 12.2. The first kappa shape index (κ1) is 14.3. The number of ether oxygens (including phenoxy) is 1. The predicted molar refractivity (Wildman–Crippen MR) is 75.9 cm³/mol. The van der Waals surface area contributed by atoms with Gasteiger partial charge in [0.25, 0.3) is 0 Å². The van der Waals surface area contributed by atoms with Crippen LogP contribution in [0.1, 0.15) is 51.4 Å². The molecule has 3 nitrogen and oxygen atoms in total. The molecule has 3 unspecified atom stereocenters. The molecular formula is C15H30N2O. The van der Waals surface area contributed by atoms with Crippen LogP contribution < -0.4 is 5.32 Å². The van der Waals surface area contributed by atoms with Crippen LogP contribution in [0.4, 0.5) is 0 Å². The lowest BCUT2D eigenvalue weighted by molar-refractivity contribution is 0.0336. The number of methoxy groups -OCH3 is 1. The molecule has 2 rings (SSSR count). The average molecular weight is 254 g/mol. The van der Waals surface area contributed by atoms with Gasteiger partial charge in [-0.2, -0.15) is 0 Å². The summed E-state index contributed by atoms with van der Waals surface area (Å²) < 4.78 is 5.53. The fourth-order valence-corrected chi connectivity index (χ4v) is 3.45. The van der Waals surface area contributed by atoms with E-state index >= 15 is 0 Å². The molecule has 0 aromatic heterocycles. The summed E-state index contributed by atoms with van der Waals surface area (Å²) in [4.78, 5) is 2.57. The van der Waals surface area contributed by atoms with E-state index < -0.39 is 0 Å². The minimum Gasteiger partial charge on any atom is -0.381 e. The summed E-state index contributed by atoms with van der Waals surface area (Å²) in [5.41, 5.74) is 0. The van der Waals surface area contributed by atoms with Gasteiger partial charge in [-0.15, -0.1) is 0 Å². The second-order valence-corrected chi connectivity index (χ2v) is 6.09. The van der Waals surface area contributed by atoms with Gasteiger partial charge in [0.1, 0.15) is 0 Å². The smallest absolute Gasteiger partial charge is 0.0586 e. The maximum Gasteiger partial charge on any atom is 0.0586 e. The molecule has 3 heteroatoms. The van der Waals surface area contributed by atoms with Crippen molar-refractivity contribution in [2.45, 2.75) is 69.6 Å². The van der Waals surface area contributed by atoms with Crippen LogP contribution in [0.15, 0.2) is 0 Å². The van der Waals surface area contributed by atoms with Crippen LogP contribution in [0.2, 0.25) is 0 Å². The number of hydrogen-bond donors (Lipinski definition) is 1. The van der Waals surface area contributed by atoms with Gasteiger partial charge in [-0.25, -0.2) is 0 Å². The Labute approximate surface area is 112 Å². The minimum absolute atomic E-state index is 0.499. The van der Waals surface area contributed by atoms with Gasteiger partial charge >= 0.3 is 0 Å². The second kappa shape index (κ2) is 7.46. The third-order valence-corrected chi connectivity index (χ3v) is 4.80. The van der Waals surface area contributed by atoms with Crippen LogP contribution in [0, 0.1) is 0 Å². The van der Waals surface area contributed by atoms with Gasteiger partial charge in [-0.05, 0) is 65.1 Å². The third kappa shape index (κ3) is 4.22. The summed E-state index contributed by atoms with van der Waals surface area (Å²) in [6, 6.07) is 1.51. The monoisotopic (exact) mass is 254 g/mol. The highest BCUT2D eigenvalue weighted by Gasteiger charge is 2.25. The maximum atomic E-state index is 5.53. The Kier molecular flexibility index (Phi) is 5.93. The molecule has 0 aromatic carbocycles. The predicted octanol–water partition coefficient (Wildman–Crippen LogP) is 2.41. The molecule has 2 aliphatic rings. The summed E-state index contributed by atoms with van der Waals surface area (Å²) >= 11 is 0. The quantitative estimate of drug-likeness (QED) is 0.815. The van der Waals surface area contributed by atoms with Gasteiger partial charge < -0.3 is 15.0 Å². The van der Waals surface area contributed by atoms with Crippen LogP contribution in [0.3, 0.4) is 0 Å². The molecule has 0 aromatic rings. The van der Waals surface area contributed by atoms with Crippen LogP contribution in [-0.2, 0) is 4.74 Å². The van der Waals surface area contributed by atoms with Crippen LogP contribution in [-0.4, -0.2) is 50.3 Å². The lowest BCUT2D eigenvalue weighted by atomic mass is 9.91. The SMILES string of the molecule is COC1CCCC(N(C)CCC2CCCCN2)C1. The zero-order chi connectivity index (χ0) is 12.8. The zero-order valence-corrected chi connectivity index (χ0v) is 12.2. The van der Waals surface area contributed by atoms with Crippen molar-refractivity contribution >= 4 is 0 Å². The normalized spacial score (nSPS) is 33.8. The van der Waals surface area contributed by atoms with Crippen molar-refractivity contribution in [1.29, 1.82) is 0 Å². The van der Waals surface area contributed by atoms with E-state index in [-0.39, 0.29) is 0 Å². The first-order chi connectivity index (χ1) is 8.79. The van der Waals surface area contributed by atoms with Crippen LogP contribution in [0.5, 0.6) is 0 Å². The Bertz CT molecular complexity index is 229. The molecule has 1 N–H and O–H groups in total. The largest absolute Gasteiger partial charge is 0.381 e. The van der Waals surface area contributed by atoms with E-state index in [1.807, 2.05) is 7.11 Å². The minimum atomic E-state index is 0.499. The van der Waals surface area contributed by atoms with E-state index in [2.05, 4.69) is 17.3 Å². The number of hydrogen-bond acceptors (Lipinski definition) is 3.